The molecule has 0 bridgehead atoms. The van der Waals surface area contributed by atoms with E-state index in [-0.39, 0.29) is 17.2 Å². The van der Waals surface area contributed by atoms with Gasteiger partial charge in [0.25, 0.3) is 0 Å². The third-order valence-electron chi connectivity index (χ3n) is 4.81. The van der Waals surface area contributed by atoms with Crippen molar-refractivity contribution in [3.8, 4) is 16.9 Å². The first-order valence-corrected chi connectivity index (χ1v) is 13.7. The predicted molar refractivity (Wildman–Crippen MR) is 121 cm³/mol. The summed E-state index contributed by atoms with van der Waals surface area (Å²) in [6.45, 7) is 7.69. The van der Waals surface area contributed by atoms with E-state index in [0.29, 0.717) is 34.5 Å². The highest BCUT2D eigenvalue weighted by Gasteiger charge is 2.24. The van der Waals surface area contributed by atoms with Gasteiger partial charge in [0, 0.05) is 49.1 Å². The van der Waals surface area contributed by atoms with Crippen LogP contribution in [0.4, 0.5) is 4.39 Å². The number of fused-ring (bicyclic) bond motifs is 1. The number of benzene rings is 1. The number of rotatable bonds is 8. The van der Waals surface area contributed by atoms with Gasteiger partial charge in [0.05, 0.1) is 12.1 Å². The predicted octanol–water partition coefficient (Wildman–Crippen LogP) is 3.50. The van der Waals surface area contributed by atoms with Crippen molar-refractivity contribution >= 4 is 43.3 Å². The second kappa shape index (κ2) is 9.07. The van der Waals surface area contributed by atoms with Gasteiger partial charge in [-0.3, -0.25) is 0 Å². The van der Waals surface area contributed by atoms with E-state index < -0.39 is 21.0 Å². The molecule has 3 rings (SSSR count). The number of hydrogen-bond acceptors (Lipinski definition) is 5. The quantitative estimate of drug-likeness (QED) is 0.406. The first kappa shape index (κ1) is 22.8. The van der Waals surface area contributed by atoms with Crippen molar-refractivity contribution in [1.82, 2.24) is 9.55 Å². The number of nitrogens with zero attached hydrogens (tertiary/aromatic N) is 2. The Morgan fingerprint density at radius 1 is 1.23 bits per heavy atom. The van der Waals surface area contributed by atoms with Crippen LogP contribution in [0.15, 0.2) is 30.6 Å². The maximum atomic E-state index is 14.0. The van der Waals surface area contributed by atoms with Gasteiger partial charge < -0.3 is 24.1 Å². The molecule has 0 spiro atoms. The zero-order chi connectivity index (χ0) is 22.1. The Morgan fingerprint density at radius 3 is 2.60 bits per heavy atom. The maximum Gasteiger partial charge on any atom is 0.491 e. The largest absolute Gasteiger partial charge is 0.496 e. The van der Waals surface area contributed by atoms with Crippen LogP contribution < -0.4 is 10.2 Å². The van der Waals surface area contributed by atoms with Crippen LogP contribution in [0.25, 0.3) is 22.2 Å². The lowest BCUT2D eigenvalue weighted by Crippen LogP contribution is -2.31. The van der Waals surface area contributed by atoms with E-state index in [1.807, 2.05) is 0 Å². The third kappa shape index (κ3) is 4.87. The molecular weight excluding hydrogens is 426 g/mol. The minimum atomic E-state index is -1.78. The van der Waals surface area contributed by atoms with E-state index in [0.717, 1.165) is 6.04 Å². The Kier molecular flexibility index (Phi) is 6.88. The summed E-state index contributed by atoms with van der Waals surface area (Å²) in [6.07, 6.45) is 3.09. The summed E-state index contributed by atoms with van der Waals surface area (Å²) >= 11 is 6.52. The maximum absolute atomic E-state index is 14.0. The third-order valence-corrected chi connectivity index (χ3v) is 6.92. The molecule has 0 radical (unpaired) electrons. The number of methoxy groups -OCH3 is 1. The molecule has 10 heteroatoms. The van der Waals surface area contributed by atoms with E-state index in [2.05, 4.69) is 24.6 Å². The van der Waals surface area contributed by atoms with Gasteiger partial charge >= 0.3 is 7.12 Å². The summed E-state index contributed by atoms with van der Waals surface area (Å²) in [4.78, 5) is 4.37. The van der Waals surface area contributed by atoms with Crippen molar-refractivity contribution < 1.29 is 23.9 Å². The lowest BCUT2D eigenvalue weighted by Gasteiger charge is -2.15. The van der Waals surface area contributed by atoms with Crippen molar-refractivity contribution in [2.75, 3.05) is 13.7 Å². The van der Waals surface area contributed by atoms with Gasteiger partial charge in [-0.05, 0) is 24.2 Å². The molecular formula is C20H25BClFN2O4Si. The molecule has 2 aromatic heterocycles. The number of halogens is 2. The Bertz CT molecular complexity index is 1060. The number of aromatic nitrogens is 2. The molecule has 160 valence electrons. The van der Waals surface area contributed by atoms with Gasteiger partial charge in [-0.2, -0.15) is 0 Å². The van der Waals surface area contributed by atoms with Crippen LogP contribution in [0.1, 0.15) is 0 Å². The van der Waals surface area contributed by atoms with Gasteiger partial charge in [0.1, 0.15) is 23.9 Å². The van der Waals surface area contributed by atoms with Crippen LogP contribution in [0.2, 0.25) is 30.7 Å². The van der Waals surface area contributed by atoms with Crippen molar-refractivity contribution in [1.29, 1.82) is 0 Å². The standard InChI is InChI=1S/C20H25BClFN2O4Si/c1-28-17-6-5-13(23)9-14(17)15-11-25(12-29-7-8-30(2,3)4)20-18(15)19(22)16(10-24-20)21(26)27/h5-6,9-11,26-27H,7-8,12H2,1-4H3. The van der Waals surface area contributed by atoms with Gasteiger partial charge in [-0.25, -0.2) is 9.37 Å². The monoisotopic (exact) mass is 450 g/mol. The summed E-state index contributed by atoms with van der Waals surface area (Å²) in [6, 6.07) is 5.21. The second-order valence-corrected chi connectivity index (χ2v) is 14.3. The second-order valence-electron chi connectivity index (χ2n) is 8.30. The highest BCUT2D eigenvalue weighted by Crippen LogP contribution is 2.39. The van der Waals surface area contributed by atoms with Crippen molar-refractivity contribution in [2.45, 2.75) is 32.4 Å². The molecule has 6 nitrogen and oxygen atoms in total. The zero-order valence-corrected chi connectivity index (χ0v) is 19.2. The summed E-state index contributed by atoms with van der Waals surface area (Å²) < 4.78 is 27.1. The van der Waals surface area contributed by atoms with Gasteiger partial charge in [-0.1, -0.05) is 31.2 Å². The van der Waals surface area contributed by atoms with Gasteiger partial charge in [0.15, 0.2) is 0 Å². The zero-order valence-electron chi connectivity index (χ0n) is 17.4. The topological polar surface area (TPSA) is 76.7 Å². The van der Waals surface area contributed by atoms with Crippen LogP contribution >= 0.6 is 11.6 Å². The number of ether oxygens (including phenoxy) is 2. The molecule has 0 saturated carbocycles. The molecule has 30 heavy (non-hydrogen) atoms. The molecule has 0 aliphatic rings. The van der Waals surface area contributed by atoms with Crippen LogP contribution in [-0.2, 0) is 11.5 Å². The molecule has 3 aromatic rings. The van der Waals surface area contributed by atoms with E-state index in [9.17, 15) is 14.4 Å². The van der Waals surface area contributed by atoms with Gasteiger partial charge in [0.2, 0.25) is 0 Å². The summed E-state index contributed by atoms with van der Waals surface area (Å²) in [5.41, 5.74) is 1.61. The minimum absolute atomic E-state index is 0.0678. The SMILES string of the molecule is COc1ccc(F)cc1-c1cn(COCC[Si](C)(C)C)c2ncc(B(O)O)c(Cl)c12. The van der Waals surface area contributed by atoms with Crippen molar-refractivity contribution in [3.63, 3.8) is 0 Å². The van der Waals surface area contributed by atoms with Crippen molar-refractivity contribution in [3.05, 3.63) is 41.4 Å². The lowest BCUT2D eigenvalue weighted by atomic mass is 9.81. The molecule has 0 unspecified atom stereocenters. The van der Waals surface area contributed by atoms with Crippen LogP contribution in [-0.4, -0.2) is 48.5 Å². The summed E-state index contributed by atoms with van der Waals surface area (Å²) in [5.74, 6) is 0.0293. The molecule has 0 saturated heterocycles. The fraction of sp³-hybridized carbons (Fsp3) is 0.350. The molecule has 0 aliphatic carbocycles. The lowest BCUT2D eigenvalue weighted by molar-refractivity contribution is 0.0899. The van der Waals surface area contributed by atoms with Crippen LogP contribution in [0.3, 0.4) is 0 Å². The van der Waals surface area contributed by atoms with Crippen LogP contribution in [0, 0.1) is 5.82 Å². The number of hydrogen-bond donors (Lipinski definition) is 2. The fourth-order valence-corrected chi connectivity index (χ4v) is 4.24. The smallest absolute Gasteiger partial charge is 0.491 e. The Balaban J connectivity index is 2.12. The molecule has 0 fully saturated rings. The molecule has 0 atom stereocenters. The highest BCUT2D eigenvalue weighted by molar-refractivity contribution is 6.76. The molecule has 2 N–H and O–H groups in total. The van der Waals surface area contributed by atoms with Crippen LogP contribution in [0.5, 0.6) is 5.75 Å². The van der Waals surface area contributed by atoms with E-state index >= 15 is 0 Å². The average molecular weight is 451 g/mol. The normalized spacial score (nSPS) is 11.9. The summed E-state index contributed by atoms with van der Waals surface area (Å²) in [5, 5.41) is 19.9. The van der Waals surface area contributed by atoms with Gasteiger partial charge in [-0.15, -0.1) is 0 Å². The molecule has 0 amide bonds. The Hall–Kier alpha value is -1.91. The molecule has 2 heterocycles. The first-order valence-electron chi connectivity index (χ1n) is 9.57. The molecule has 1 aromatic carbocycles. The Morgan fingerprint density at radius 2 is 1.97 bits per heavy atom. The minimum Gasteiger partial charge on any atom is -0.496 e. The van der Waals surface area contributed by atoms with Crippen molar-refractivity contribution in [2.24, 2.45) is 0 Å². The van der Waals surface area contributed by atoms with E-state index in [4.69, 9.17) is 21.1 Å². The summed E-state index contributed by atoms with van der Waals surface area (Å²) in [7, 11) is -1.52. The Labute approximate surface area is 181 Å². The van der Waals surface area contributed by atoms with E-state index in [1.165, 1.54) is 31.5 Å². The molecule has 0 aliphatic heterocycles. The van der Waals surface area contributed by atoms with E-state index in [1.54, 1.807) is 10.8 Å². The first-order chi connectivity index (χ1) is 14.1. The highest BCUT2D eigenvalue weighted by atomic mass is 35.5. The average Bonchev–Trinajstić information content (AvgIpc) is 3.04. The fourth-order valence-electron chi connectivity index (χ4n) is 3.15. The number of pyridine rings is 1.